The highest BCUT2D eigenvalue weighted by molar-refractivity contribution is 7.93. The molecule has 0 spiro atoms. The van der Waals surface area contributed by atoms with Gasteiger partial charge in [0.2, 0.25) is 0 Å². The van der Waals surface area contributed by atoms with E-state index in [1.807, 2.05) is 0 Å². The van der Waals surface area contributed by atoms with Gasteiger partial charge in [-0.3, -0.25) is 13.7 Å². The molecule has 112 valence electrons. The van der Waals surface area contributed by atoms with Gasteiger partial charge in [-0.25, -0.2) is 4.57 Å². The zero-order chi connectivity index (χ0) is 14.1. The summed E-state index contributed by atoms with van der Waals surface area (Å²) in [7, 11) is -23.2. The van der Waals surface area contributed by atoms with Gasteiger partial charge in [-0.1, -0.05) is 0 Å². The lowest BCUT2D eigenvalue weighted by Gasteiger charge is -2.10. The Morgan fingerprint density at radius 2 is 0.833 bits per heavy atom. The lowest BCUT2D eigenvalue weighted by atomic mass is 14.0. The summed E-state index contributed by atoms with van der Waals surface area (Å²) in [6.45, 7) is 0. The highest BCUT2D eigenvalue weighted by Crippen LogP contribution is 2.53. The zero-order valence-corrected chi connectivity index (χ0v) is 11.1. The minimum Gasteiger partial charge on any atom is -0.344 e. The van der Waals surface area contributed by atoms with Crippen molar-refractivity contribution in [1.82, 2.24) is 6.15 Å². The van der Waals surface area contributed by atoms with Crippen molar-refractivity contribution in [3.8, 4) is 0 Å². The van der Waals surface area contributed by atoms with Crippen molar-refractivity contribution in [3.05, 3.63) is 0 Å². The van der Waals surface area contributed by atoms with Crippen LogP contribution in [0.2, 0.25) is 0 Å². The fourth-order valence-electron chi connectivity index (χ4n) is 0.383. The van der Waals surface area contributed by atoms with E-state index in [0.717, 1.165) is 0 Å². The van der Waals surface area contributed by atoms with Crippen molar-refractivity contribution < 1.29 is 55.4 Å². The van der Waals surface area contributed by atoms with Gasteiger partial charge in [-0.15, -0.1) is 11.9 Å². The van der Waals surface area contributed by atoms with Crippen molar-refractivity contribution in [3.63, 3.8) is 0 Å². The van der Waals surface area contributed by atoms with Crippen LogP contribution >= 0.6 is 7.82 Å². The Hall–Kier alpha value is -0.200. The van der Waals surface area contributed by atoms with Crippen molar-refractivity contribution in [2.24, 2.45) is 0 Å². The van der Waals surface area contributed by atoms with Gasteiger partial charge in [-0.05, 0) is 0 Å². The van der Waals surface area contributed by atoms with E-state index in [-0.39, 0.29) is 6.15 Å². The van der Waals surface area contributed by atoms with Gasteiger partial charge in [0.15, 0.2) is 0 Å². The molecular weight excluding hydrogens is 349 g/mol. The van der Waals surface area contributed by atoms with E-state index >= 15 is 0 Å². The second kappa shape index (κ2) is 5.84. The predicted molar refractivity (Wildman–Crippen MR) is 50.5 cm³/mol. The quantitative estimate of drug-likeness (QED) is 0.320. The Morgan fingerprint density at radius 3 is 0.944 bits per heavy atom. The number of hydrogen-bond acceptors (Lipinski definition) is 11. The van der Waals surface area contributed by atoms with Crippen LogP contribution in [0.3, 0.4) is 0 Å². The third kappa shape index (κ3) is 10.9. The maximum absolute atomic E-state index is 11.0. The summed E-state index contributed by atoms with van der Waals surface area (Å²) in [5.41, 5.74) is 0. The molecule has 0 amide bonds. The molecule has 0 fully saturated rings. The fourth-order valence-corrected chi connectivity index (χ4v) is 4.12. The molecule has 0 aliphatic heterocycles. The Bertz CT molecular complexity index is 527. The molecule has 18 heteroatoms. The van der Waals surface area contributed by atoms with Crippen molar-refractivity contribution in [2.45, 2.75) is 0 Å². The van der Waals surface area contributed by atoms with Crippen molar-refractivity contribution >= 4 is 39.0 Å². The average molecular weight is 355 g/mol. The Kier molecular flexibility index (Phi) is 6.53. The van der Waals surface area contributed by atoms with Crippen LogP contribution in [-0.2, 0) is 47.7 Å². The largest absolute Gasteiger partial charge is 0.524 e. The summed E-state index contributed by atoms with van der Waals surface area (Å²) >= 11 is 0. The van der Waals surface area contributed by atoms with Gasteiger partial charge in [0.1, 0.15) is 0 Å². The van der Waals surface area contributed by atoms with E-state index in [2.05, 4.69) is 11.9 Å². The molecule has 0 heterocycles. The van der Waals surface area contributed by atoms with Gasteiger partial charge >= 0.3 is 39.0 Å². The molecule has 0 aromatic rings. The molecule has 0 saturated carbocycles. The molecule has 0 aromatic carbocycles. The topological polar surface area (TPSA) is 243 Å². The van der Waals surface area contributed by atoms with Crippen molar-refractivity contribution in [1.29, 1.82) is 0 Å². The second-order valence-corrected chi connectivity index (χ2v) is 7.20. The minimum absolute atomic E-state index is 0. The molecule has 0 rings (SSSR count). The number of rotatable bonds is 6. The fraction of sp³-hybridized carbons (Fsp3) is 0. The van der Waals surface area contributed by atoms with Crippen LogP contribution in [0, 0.1) is 0 Å². The maximum Gasteiger partial charge on any atom is 0.524 e. The van der Waals surface area contributed by atoms with Crippen LogP contribution in [0.4, 0.5) is 0 Å². The third-order valence-corrected chi connectivity index (χ3v) is 5.01. The molecular formula is H6NO13PS3. The molecule has 0 radical (unpaired) electrons. The summed E-state index contributed by atoms with van der Waals surface area (Å²) in [4.78, 5) is 0. The lowest BCUT2D eigenvalue weighted by molar-refractivity contribution is 0.259. The van der Waals surface area contributed by atoms with E-state index in [1.54, 1.807) is 0 Å². The Balaban J connectivity index is 0. The summed E-state index contributed by atoms with van der Waals surface area (Å²) < 4.78 is 104. The average Bonchev–Trinajstić information content (AvgIpc) is 1.65. The Labute approximate surface area is 101 Å². The molecule has 0 bridgehead atoms. The first-order valence-corrected chi connectivity index (χ1v) is 8.33. The monoisotopic (exact) mass is 355 g/mol. The first-order valence-electron chi connectivity index (χ1n) is 2.78. The van der Waals surface area contributed by atoms with E-state index in [1.165, 1.54) is 0 Å². The molecule has 18 heavy (non-hydrogen) atoms. The van der Waals surface area contributed by atoms with Crippen LogP contribution < -0.4 is 6.15 Å². The lowest BCUT2D eigenvalue weighted by Crippen LogP contribution is -2.13. The van der Waals surface area contributed by atoms with Crippen LogP contribution in [0.1, 0.15) is 0 Å². The van der Waals surface area contributed by atoms with E-state index in [0.29, 0.717) is 0 Å². The molecule has 0 aromatic heterocycles. The van der Waals surface area contributed by atoms with Crippen LogP contribution in [-0.4, -0.2) is 38.9 Å². The van der Waals surface area contributed by atoms with Gasteiger partial charge in [-0.2, -0.15) is 25.3 Å². The summed E-state index contributed by atoms with van der Waals surface area (Å²) in [5, 5.41) is 0. The smallest absolute Gasteiger partial charge is 0.344 e. The van der Waals surface area contributed by atoms with Gasteiger partial charge in [0.05, 0.1) is 0 Å². The van der Waals surface area contributed by atoms with Crippen LogP contribution in [0.5, 0.6) is 0 Å². The predicted octanol–water partition coefficient (Wildman–Crippen LogP) is -1.29. The van der Waals surface area contributed by atoms with E-state index < -0.39 is 39.0 Å². The number of hydrogen-bond donors (Lipinski definition) is 4. The molecule has 0 aliphatic rings. The van der Waals surface area contributed by atoms with Crippen LogP contribution in [0.25, 0.3) is 0 Å². The van der Waals surface area contributed by atoms with E-state index in [9.17, 15) is 29.8 Å². The summed E-state index contributed by atoms with van der Waals surface area (Å²) in [5.74, 6) is 0. The second-order valence-electron chi connectivity index (χ2n) is 1.95. The first kappa shape index (κ1) is 20.1. The molecule has 6 N–H and O–H groups in total. The molecule has 0 unspecified atom stereocenters. The third-order valence-electron chi connectivity index (χ3n) is 0.556. The Morgan fingerprint density at radius 1 is 0.667 bits per heavy atom. The molecule has 0 atom stereocenters. The SMILES string of the molecule is N.O=P(OS(=O)(=O)O)(OS(=O)(=O)O)OS(=O)(=O)O. The number of phosphoric acid groups is 1. The van der Waals surface area contributed by atoms with E-state index in [4.69, 9.17) is 13.7 Å². The van der Waals surface area contributed by atoms with Gasteiger partial charge in [0.25, 0.3) is 0 Å². The zero-order valence-electron chi connectivity index (χ0n) is 7.80. The van der Waals surface area contributed by atoms with Crippen molar-refractivity contribution in [2.75, 3.05) is 0 Å². The molecule has 0 aliphatic carbocycles. The minimum atomic E-state index is -6.10. The maximum atomic E-state index is 11.0. The summed E-state index contributed by atoms with van der Waals surface area (Å²) in [6, 6.07) is 0. The summed E-state index contributed by atoms with van der Waals surface area (Å²) in [6.07, 6.45) is 0. The van der Waals surface area contributed by atoms with Crippen LogP contribution in [0.15, 0.2) is 0 Å². The standard InChI is InChI=1S/H3N.H3O13PS3/c;1-14(11-15(2,3)4,12-16(5,6)7)13-17(8,9)10/h1H3;(H,2,3,4)(H,5,6,7)(H,8,9,10). The van der Waals surface area contributed by atoms with Gasteiger partial charge < -0.3 is 6.15 Å². The molecule has 0 saturated heterocycles. The molecule has 14 nitrogen and oxygen atoms in total. The normalized spacial score (nSPS) is 13.9. The highest BCUT2D eigenvalue weighted by Gasteiger charge is 2.43. The highest BCUT2D eigenvalue weighted by atomic mass is 32.3. The first-order chi connectivity index (χ1) is 7.12. The van der Waals surface area contributed by atoms with Gasteiger partial charge in [0, 0.05) is 0 Å².